The van der Waals surface area contributed by atoms with Crippen LogP contribution in [0.15, 0.2) is 24.8 Å². The summed E-state index contributed by atoms with van der Waals surface area (Å²) in [5.74, 6) is 0.511. The van der Waals surface area contributed by atoms with E-state index in [1.165, 1.54) is 43.3 Å². The van der Waals surface area contributed by atoms with E-state index in [4.69, 9.17) is 4.74 Å². The Morgan fingerprint density at radius 1 is 1.34 bits per heavy atom. The molecule has 2 aliphatic rings. The molecule has 2 aromatic rings. The second-order valence-electron chi connectivity index (χ2n) is 7.12. The van der Waals surface area contributed by atoms with Crippen LogP contribution in [0.25, 0.3) is 11.2 Å². The number of anilines is 1. The summed E-state index contributed by atoms with van der Waals surface area (Å²) in [6.07, 6.45) is 6.86. The first-order valence-electron chi connectivity index (χ1n) is 9.47. The van der Waals surface area contributed by atoms with Gasteiger partial charge < -0.3 is 25.6 Å². The molecule has 29 heavy (non-hydrogen) atoms. The summed E-state index contributed by atoms with van der Waals surface area (Å²) < 4.78 is 7.38. The molecule has 4 rings (SSSR count). The van der Waals surface area contributed by atoms with E-state index in [0.29, 0.717) is 29.5 Å². The van der Waals surface area contributed by atoms with Gasteiger partial charge in [-0.3, -0.25) is 9.36 Å². The van der Waals surface area contributed by atoms with Crippen molar-refractivity contribution in [2.24, 2.45) is 0 Å². The number of rotatable bonds is 8. The first-order valence-corrected chi connectivity index (χ1v) is 10.9. The number of thioether (sulfide) groups is 1. The van der Waals surface area contributed by atoms with E-state index >= 15 is 0 Å². The second kappa shape index (κ2) is 8.76. The zero-order chi connectivity index (χ0) is 20.4. The highest BCUT2D eigenvalue weighted by atomic mass is 32.2. The van der Waals surface area contributed by atoms with Crippen molar-refractivity contribution in [1.29, 1.82) is 0 Å². The van der Waals surface area contributed by atoms with Gasteiger partial charge in [0.05, 0.1) is 12.4 Å². The molecule has 0 bridgehead atoms. The van der Waals surface area contributed by atoms with Gasteiger partial charge in [0, 0.05) is 24.4 Å². The molecule has 0 unspecified atom stereocenters. The first kappa shape index (κ1) is 20.2. The van der Waals surface area contributed by atoms with Gasteiger partial charge in [0.2, 0.25) is 5.91 Å². The molecule has 10 nitrogen and oxygen atoms in total. The largest absolute Gasteiger partial charge is 0.387 e. The van der Waals surface area contributed by atoms with Gasteiger partial charge in [0.25, 0.3) is 0 Å². The maximum Gasteiger partial charge on any atom is 0.249 e. The monoisotopic (exact) mass is 420 g/mol. The molecule has 11 heteroatoms. The molecule has 156 valence electrons. The predicted octanol–water partition coefficient (Wildman–Crippen LogP) is 0.0552. The van der Waals surface area contributed by atoms with Gasteiger partial charge in [0.1, 0.15) is 18.5 Å². The molecule has 1 saturated heterocycles. The lowest BCUT2D eigenvalue weighted by atomic mass is 10.1. The standard InChI is InChI=1S/C18H24N6O4S/c1-29-7-11-14(26)15(27)18(28-11)24-9-22-13-16(20-8-21-17(13)24)23-12(25)3-2-6-19-10-4-5-10/h2-3,8-11,14-15,18-19,26-27H,4-7H2,1H3,(H,20,21,23,25)/b3-2+/t11-,14-,15-,18-/m1/s1. The lowest BCUT2D eigenvalue weighted by Gasteiger charge is -2.16. The van der Waals surface area contributed by atoms with Crippen molar-refractivity contribution in [3.8, 4) is 0 Å². The molecule has 0 aromatic carbocycles. The first-order chi connectivity index (χ1) is 14.1. The number of aromatic nitrogens is 4. The maximum absolute atomic E-state index is 12.2. The third-order valence-electron chi connectivity index (χ3n) is 4.91. The van der Waals surface area contributed by atoms with E-state index in [1.54, 1.807) is 10.6 Å². The van der Waals surface area contributed by atoms with Gasteiger partial charge in [-0.1, -0.05) is 6.08 Å². The predicted molar refractivity (Wildman–Crippen MR) is 108 cm³/mol. The fraction of sp³-hybridized carbons (Fsp3) is 0.556. The number of hydrogen-bond donors (Lipinski definition) is 4. The average molecular weight is 420 g/mol. The number of ether oxygens (including phenoxy) is 1. The van der Waals surface area contributed by atoms with Crippen LogP contribution >= 0.6 is 11.8 Å². The number of aliphatic hydroxyl groups is 2. The number of nitrogens with one attached hydrogen (secondary N) is 2. The Morgan fingerprint density at radius 3 is 2.93 bits per heavy atom. The number of carbonyl (C=O) groups excluding carboxylic acids is 1. The zero-order valence-corrected chi connectivity index (χ0v) is 16.7. The quantitative estimate of drug-likeness (QED) is 0.437. The van der Waals surface area contributed by atoms with Crippen molar-refractivity contribution in [3.05, 3.63) is 24.8 Å². The van der Waals surface area contributed by atoms with Crippen LogP contribution in [0.4, 0.5) is 5.82 Å². The molecule has 4 N–H and O–H groups in total. The highest BCUT2D eigenvalue weighted by Gasteiger charge is 2.44. The van der Waals surface area contributed by atoms with E-state index < -0.39 is 24.5 Å². The third-order valence-corrected chi connectivity index (χ3v) is 5.58. The number of carbonyl (C=O) groups is 1. The third kappa shape index (κ3) is 4.43. The Kier molecular flexibility index (Phi) is 6.11. The van der Waals surface area contributed by atoms with Crippen LogP contribution in [0.3, 0.4) is 0 Å². The average Bonchev–Trinajstić information content (AvgIpc) is 3.38. The summed E-state index contributed by atoms with van der Waals surface area (Å²) >= 11 is 1.52. The second-order valence-corrected chi connectivity index (χ2v) is 8.03. The molecule has 0 spiro atoms. The number of hydrogen-bond acceptors (Lipinski definition) is 9. The number of nitrogens with zero attached hydrogens (tertiary/aromatic N) is 4. The normalized spacial score (nSPS) is 27.1. The summed E-state index contributed by atoms with van der Waals surface area (Å²) in [5, 5.41) is 26.6. The molecule has 4 atom stereocenters. The van der Waals surface area contributed by atoms with Crippen molar-refractivity contribution in [1.82, 2.24) is 24.8 Å². The van der Waals surface area contributed by atoms with E-state index in [-0.39, 0.29) is 11.7 Å². The molecule has 1 aliphatic heterocycles. The Balaban J connectivity index is 1.48. The van der Waals surface area contributed by atoms with E-state index in [0.717, 1.165) is 0 Å². The molecule has 0 radical (unpaired) electrons. The fourth-order valence-electron chi connectivity index (χ4n) is 3.24. The summed E-state index contributed by atoms with van der Waals surface area (Å²) in [7, 11) is 0. The summed E-state index contributed by atoms with van der Waals surface area (Å²) in [6.45, 7) is 0.641. The molecule has 2 fully saturated rings. The Bertz CT molecular complexity index is 902. The lowest BCUT2D eigenvalue weighted by Crippen LogP contribution is -2.32. The Labute approximate surface area is 171 Å². The molecule has 1 aliphatic carbocycles. The molecular formula is C18H24N6O4S. The van der Waals surface area contributed by atoms with Crippen LogP contribution in [0.5, 0.6) is 0 Å². The summed E-state index contributed by atoms with van der Waals surface area (Å²) in [5.41, 5.74) is 0.777. The maximum atomic E-state index is 12.2. The van der Waals surface area contributed by atoms with Crippen LogP contribution < -0.4 is 10.6 Å². The van der Waals surface area contributed by atoms with Gasteiger partial charge >= 0.3 is 0 Å². The smallest absolute Gasteiger partial charge is 0.249 e. The van der Waals surface area contributed by atoms with E-state index in [2.05, 4.69) is 25.6 Å². The van der Waals surface area contributed by atoms with Crippen LogP contribution in [0.2, 0.25) is 0 Å². The highest BCUT2D eigenvalue weighted by Crippen LogP contribution is 2.33. The number of aliphatic hydroxyl groups excluding tert-OH is 2. The number of imidazole rings is 1. The van der Waals surface area contributed by atoms with Crippen molar-refractivity contribution >= 4 is 34.7 Å². The summed E-state index contributed by atoms with van der Waals surface area (Å²) in [6, 6.07) is 0.579. The SMILES string of the molecule is CSC[C@H]1O[C@@H](n2cnc3c(NC(=O)/C=C/CNC4CC4)ncnc32)[C@H](O)[C@@H]1O. The van der Waals surface area contributed by atoms with Crippen molar-refractivity contribution in [2.45, 2.75) is 43.4 Å². The molecule has 1 amide bonds. The van der Waals surface area contributed by atoms with Gasteiger partial charge in [0.15, 0.2) is 23.2 Å². The van der Waals surface area contributed by atoms with Crippen LogP contribution in [-0.2, 0) is 9.53 Å². The molecule has 2 aromatic heterocycles. The van der Waals surface area contributed by atoms with Gasteiger partial charge in [-0.25, -0.2) is 15.0 Å². The molecular weight excluding hydrogens is 396 g/mol. The Morgan fingerprint density at radius 2 is 2.17 bits per heavy atom. The molecule has 3 heterocycles. The minimum Gasteiger partial charge on any atom is -0.387 e. The van der Waals surface area contributed by atoms with Crippen LogP contribution in [0.1, 0.15) is 19.1 Å². The lowest BCUT2D eigenvalue weighted by molar-refractivity contribution is -0.111. The highest BCUT2D eigenvalue weighted by molar-refractivity contribution is 7.98. The fourth-order valence-corrected chi connectivity index (χ4v) is 3.84. The number of fused-ring (bicyclic) bond motifs is 1. The van der Waals surface area contributed by atoms with E-state index in [9.17, 15) is 15.0 Å². The molecule has 1 saturated carbocycles. The minimum atomic E-state index is -1.11. The van der Waals surface area contributed by atoms with Crippen molar-refractivity contribution in [3.63, 3.8) is 0 Å². The Hall–Kier alpha value is -2.05. The van der Waals surface area contributed by atoms with Crippen molar-refractivity contribution in [2.75, 3.05) is 23.9 Å². The van der Waals surface area contributed by atoms with Crippen LogP contribution in [0, 0.1) is 0 Å². The summed E-state index contributed by atoms with van der Waals surface area (Å²) in [4.78, 5) is 24.8. The van der Waals surface area contributed by atoms with E-state index in [1.807, 2.05) is 6.26 Å². The van der Waals surface area contributed by atoms with Gasteiger partial charge in [-0.05, 0) is 19.1 Å². The zero-order valence-electron chi connectivity index (χ0n) is 15.9. The van der Waals surface area contributed by atoms with Gasteiger partial charge in [-0.2, -0.15) is 11.8 Å². The van der Waals surface area contributed by atoms with Crippen LogP contribution in [-0.4, -0.2) is 78.5 Å². The topological polar surface area (TPSA) is 134 Å². The van der Waals surface area contributed by atoms with Crippen molar-refractivity contribution < 1.29 is 19.7 Å². The van der Waals surface area contributed by atoms with Gasteiger partial charge in [-0.15, -0.1) is 0 Å². The number of amides is 1. The minimum absolute atomic E-state index is 0.271.